The van der Waals surface area contributed by atoms with E-state index in [0.29, 0.717) is 12.6 Å². The first-order chi connectivity index (χ1) is 8.97. The Hall–Kier alpha value is -1.30. The number of halogens is 3. The maximum absolute atomic E-state index is 12.5. The Morgan fingerprint density at radius 2 is 1.95 bits per heavy atom. The average molecular weight is 274 g/mol. The zero-order chi connectivity index (χ0) is 13.9. The van der Waals surface area contributed by atoms with Crippen LogP contribution in [0.4, 0.5) is 13.2 Å². The van der Waals surface area contributed by atoms with Crippen LogP contribution in [-0.2, 0) is 12.7 Å². The molecule has 106 valence electrons. The highest BCUT2D eigenvalue weighted by Gasteiger charge is 2.30. The predicted molar refractivity (Wildman–Crippen MR) is 66.0 cm³/mol. The van der Waals surface area contributed by atoms with Gasteiger partial charge in [-0.15, -0.1) is 0 Å². The van der Waals surface area contributed by atoms with Crippen LogP contribution in [0.15, 0.2) is 23.1 Å². The molecule has 0 radical (unpaired) electrons. The summed E-state index contributed by atoms with van der Waals surface area (Å²) in [6.45, 7) is 0.783. The van der Waals surface area contributed by atoms with E-state index in [1.54, 1.807) is 0 Å². The highest BCUT2D eigenvalue weighted by Crippen LogP contribution is 2.27. The lowest BCUT2D eigenvalue weighted by Crippen LogP contribution is -2.32. The number of alkyl halides is 3. The van der Waals surface area contributed by atoms with E-state index in [-0.39, 0.29) is 6.54 Å². The van der Waals surface area contributed by atoms with Gasteiger partial charge in [0.1, 0.15) is 0 Å². The van der Waals surface area contributed by atoms with Crippen LogP contribution in [0.3, 0.4) is 0 Å². The van der Waals surface area contributed by atoms with Crippen molar-refractivity contribution in [1.82, 2.24) is 9.88 Å². The molecule has 19 heavy (non-hydrogen) atoms. The molecule has 1 N–H and O–H groups in total. The lowest BCUT2D eigenvalue weighted by Gasteiger charge is -2.14. The van der Waals surface area contributed by atoms with E-state index in [2.05, 4.69) is 5.32 Å². The summed E-state index contributed by atoms with van der Waals surface area (Å²) in [4.78, 5) is 11.5. The fourth-order valence-electron chi connectivity index (χ4n) is 2.39. The van der Waals surface area contributed by atoms with Crippen molar-refractivity contribution >= 4 is 0 Å². The number of hydrogen-bond acceptors (Lipinski definition) is 2. The van der Waals surface area contributed by atoms with Crippen LogP contribution in [0.5, 0.6) is 0 Å². The Balaban J connectivity index is 1.97. The number of rotatable bonds is 4. The van der Waals surface area contributed by atoms with Gasteiger partial charge in [-0.05, 0) is 18.9 Å². The van der Waals surface area contributed by atoms with Crippen LogP contribution >= 0.6 is 0 Å². The fraction of sp³-hybridized carbons (Fsp3) is 0.615. The third kappa shape index (κ3) is 3.83. The molecule has 0 unspecified atom stereocenters. The van der Waals surface area contributed by atoms with E-state index in [0.717, 1.165) is 35.7 Å². The molecular weight excluding hydrogens is 257 g/mol. The Labute approximate surface area is 109 Å². The molecule has 0 amide bonds. The minimum Gasteiger partial charge on any atom is -0.314 e. The van der Waals surface area contributed by atoms with E-state index in [1.807, 2.05) is 0 Å². The first kappa shape index (κ1) is 14.1. The number of nitrogens with zero attached hydrogens (tertiary/aromatic N) is 1. The second kappa shape index (κ2) is 5.77. The van der Waals surface area contributed by atoms with Gasteiger partial charge in [-0.2, -0.15) is 13.2 Å². The van der Waals surface area contributed by atoms with Gasteiger partial charge < -0.3 is 9.88 Å². The number of hydrogen-bond donors (Lipinski definition) is 1. The molecular formula is C13H17F3N2O. The molecule has 0 bridgehead atoms. The molecule has 1 fully saturated rings. The predicted octanol–water partition coefficient (Wildman–Crippen LogP) is 2.40. The van der Waals surface area contributed by atoms with Crippen LogP contribution in [0.2, 0.25) is 0 Å². The second-order valence-electron chi connectivity index (χ2n) is 4.88. The van der Waals surface area contributed by atoms with Crippen molar-refractivity contribution in [3.63, 3.8) is 0 Å². The standard InChI is InChI=1S/C13H17F3N2O/c14-13(15,16)10-5-6-12(19)18(9-10)8-7-17-11-3-1-2-4-11/h5-6,9,11,17H,1-4,7-8H2. The van der Waals surface area contributed by atoms with Crippen LogP contribution in [0.1, 0.15) is 31.2 Å². The van der Waals surface area contributed by atoms with Crippen molar-refractivity contribution in [2.45, 2.75) is 44.4 Å². The van der Waals surface area contributed by atoms with Crippen LogP contribution < -0.4 is 10.9 Å². The highest BCUT2D eigenvalue weighted by molar-refractivity contribution is 5.13. The molecule has 1 heterocycles. The van der Waals surface area contributed by atoms with Gasteiger partial charge in [0.25, 0.3) is 5.56 Å². The minimum atomic E-state index is -4.41. The van der Waals surface area contributed by atoms with Gasteiger partial charge in [-0.3, -0.25) is 4.79 Å². The summed E-state index contributed by atoms with van der Waals surface area (Å²) in [5.74, 6) is 0. The Morgan fingerprint density at radius 3 is 2.58 bits per heavy atom. The van der Waals surface area contributed by atoms with E-state index in [9.17, 15) is 18.0 Å². The van der Waals surface area contributed by atoms with Gasteiger partial charge in [0, 0.05) is 31.4 Å². The summed E-state index contributed by atoms with van der Waals surface area (Å²) in [5, 5.41) is 3.27. The lowest BCUT2D eigenvalue weighted by atomic mass is 10.2. The van der Waals surface area contributed by atoms with Gasteiger partial charge in [0.05, 0.1) is 5.56 Å². The molecule has 1 aromatic rings. The van der Waals surface area contributed by atoms with Gasteiger partial charge in [-0.1, -0.05) is 12.8 Å². The molecule has 0 atom stereocenters. The summed E-state index contributed by atoms with van der Waals surface area (Å²) < 4.78 is 38.7. The zero-order valence-corrected chi connectivity index (χ0v) is 10.5. The van der Waals surface area contributed by atoms with Crippen molar-refractivity contribution in [2.75, 3.05) is 6.54 Å². The van der Waals surface area contributed by atoms with Gasteiger partial charge in [0.15, 0.2) is 0 Å². The average Bonchev–Trinajstić information content (AvgIpc) is 2.83. The molecule has 0 aromatic carbocycles. The highest BCUT2D eigenvalue weighted by atomic mass is 19.4. The van der Waals surface area contributed by atoms with Crippen molar-refractivity contribution in [1.29, 1.82) is 0 Å². The molecule has 0 saturated heterocycles. The zero-order valence-electron chi connectivity index (χ0n) is 10.5. The molecule has 1 aliphatic carbocycles. The Bertz CT molecular complexity index is 476. The van der Waals surface area contributed by atoms with E-state index >= 15 is 0 Å². The van der Waals surface area contributed by atoms with Crippen LogP contribution in [-0.4, -0.2) is 17.2 Å². The van der Waals surface area contributed by atoms with E-state index < -0.39 is 17.3 Å². The van der Waals surface area contributed by atoms with Crippen LogP contribution in [0, 0.1) is 0 Å². The van der Waals surface area contributed by atoms with Gasteiger partial charge in [0.2, 0.25) is 0 Å². The summed E-state index contributed by atoms with van der Waals surface area (Å²) in [7, 11) is 0. The maximum Gasteiger partial charge on any atom is 0.417 e. The van der Waals surface area contributed by atoms with Gasteiger partial charge in [-0.25, -0.2) is 0 Å². The molecule has 3 nitrogen and oxygen atoms in total. The van der Waals surface area contributed by atoms with Crippen molar-refractivity contribution < 1.29 is 13.2 Å². The number of nitrogens with one attached hydrogen (secondary N) is 1. The third-order valence-electron chi connectivity index (χ3n) is 3.45. The number of pyridine rings is 1. The SMILES string of the molecule is O=c1ccc(C(F)(F)F)cn1CCNC1CCCC1. The molecule has 1 aromatic heterocycles. The fourth-order valence-corrected chi connectivity index (χ4v) is 2.39. The molecule has 1 saturated carbocycles. The quantitative estimate of drug-likeness (QED) is 0.914. The third-order valence-corrected chi connectivity index (χ3v) is 3.45. The molecule has 0 aliphatic heterocycles. The van der Waals surface area contributed by atoms with Gasteiger partial charge >= 0.3 is 6.18 Å². The topological polar surface area (TPSA) is 34.0 Å². The van der Waals surface area contributed by atoms with E-state index in [1.165, 1.54) is 12.8 Å². The van der Waals surface area contributed by atoms with Crippen molar-refractivity contribution in [3.05, 3.63) is 34.2 Å². The summed E-state index contributed by atoms with van der Waals surface area (Å²) in [6.07, 6.45) is 1.09. The van der Waals surface area contributed by atoms with E-state index in [4.69, 9.17) is 0 Å². The Kier molecular flexibility index (Phi) is 4.29. The second-order valence-corrected chi connectivity index (χ2v) is 4.88. The van der Waals surface area contributed by atoms with Crippen LogP contribution in [0.25, 0.3) is 0 Å². The number of aromatic nitrogens is 1. The molecule has 1 aliphatic rings. The summed E-state index contributed by atoms with van der Waals surface area (Å²) in [5.41, 5.74) is -1.19. The Morgan fingerprint density at radius 1 is 1.26 bits per heavy atom. The first-order valence-electron chi connectivity index (χ1n) is 6.48. The van der Waals surface area contributed by atoms with Crippen molar-refractivity contribution in [3.8, 4) is 0 Å². The summed E-state index contributed by atoms with van der Waals surface area (Å²) >= 11 is 0. The monoisotopic (exact) mass is 274 g/mol. The largest absolute Gasteiger partial charge is 0.417 e. The first-order valence-corrected chi connectivity index (χ1v) is 6.48. The normalized spacial score (nSPS) is 17.0. The van der Waals surface area contributed by atoms with Crippen molar-refractivity contribution in [2.24, 2.45) is 0 Å². The molecule has 6 heteroatoms. The minimum absolute atomic E-state index is 0.263. The lowest BCUT2D eigenvalue weighted by molar-refractivity contribution is -0.138. The summed E-state index contributed by atoms with van der Waals surface area (Å²) in [6, 6.07) is 2.24. The molecule has 2 rings (SSSR count). The maximum atomic E-state index is 12.5. The smallest absolute Gasteiger partial charge is 0.314 e. The molecule has 0 spiro atoms.